The van der Waals surface area contributed by atoms with Crippen molar-refractivity contribution in [3.63, 3.8) is 0 Å². The summed E-state index contributed by atoms with van der Waals surface area (Å²) in [6.45, 7) is 1.05. The first-order chi connectivity index (χ1) is 7.29. The Morgan fingerprint density at radius 2 is 2.27 bits per heavy atom. The number of hydrogen-bond acceptors (Lipinski definition) is 3. The average Bonchev–Trinajstić information content (AvgIpc) is 2.69. The number of ether oxygens (including phenoxy) is 1. The van der Waals surface area contributed by atoms with Crippen molar-refractivity contribution in [1.82, 2.24) is 0 Å². The molecule has 3 nitrogen and oxygen atoms in total. The highest BCUT2D eigenvalue weighted by Gasteiger charge is 2.19. The van der Waals surface area contributed by atoms with Crippen molar-refractivity contribution in [2.45, 2.75) is 12.5 Å². The van der Waals surface area contributed by atoms with Gasteiger partial charge in [-0.05, 0) is 11.6 Å². The number of halogens is 1. The van der Waals surface area contributed by atoms with Crippen LogP contribution in [-0.4, -0.2) is 25.1 Å². The van der Waals surface area contributed by atoms with Gasteiger partial charge in [0.2, 0.25) is 0 Å². The van der Waals surface area contributed by atoms with E-state index < -0.39 is 0 Å². The van der Waals surface area contributed by atoms with Crippen LogP contribution in [0, 0.1) is 0 Å². The van der Waals surface area contributed by atoms with Crippen molar-refractivity contribution in [1.29, 1.82) is 0 Å². The van der Waals surface area contributed by atoms with Crippen LogP contribution in [0.3, 0.4) is 0 Å². The third-order valence-electron chi connectivity index (χ3n) is 2.35. The Kier molecular flexibility index (Phi) is 3.23. The summed E-state index contributed by atoms with van der Waals surface area (Å²) < 4.78 is 5.54. The molecule has 0 bridgehead atoms. The summed E-state index contributed by atoms with van der Waals surface area (Å²) >= 11 is 6.06. The lowest BCUT2D eigenvalue weighted by molar-refractivity contribution is 0.221. The molecule has 1 aliphatic heterocycles. The average molecular weight is 225 g/mol. The van der Waals surface area contributed by atoms with E-state index in [2.05, 4.69) is 4.99 Å². The number of benzene rings is 1. The maximum absolute atomic E-state index is 6.06. The summed E-state index contributed by atoms with van der Waals surface area (Å²) in [5, 5.41) is 0.780. The van der Waals surface area contributed by atoms with Crippen LogP contribution in [0.15, 0.2) is 29.3 Å². The Labute approximate surface area is 93.9 Å². The molecule has 1 unspecified atom stereocenters. The number of nitrogens with zero attached hydrogens (tertiary/aromatic N) is 1. The number of hydrogen-bond donors (Lipinski definition) is 1. The quantitative estimate of drug-likeness (QED) is 0.849. The second kappa shape index (κ2) is 4.64. The fraction of sp³-hybridized carbons (Fsp3) is 0.364. The molecule has 0 fully saturated rings. The van der Waals surface area contributed by atoms with Gasteiger partial charge >= 0.3 is 0 Å². The van der Waals surface area contributed by atoms with Gasteiger partial charge in [-0.2, -0.15) is 0 Å². The van der Waals surface area contributed by atoms with Gasteiger partial charge in [-0.25, -0.2) is 0 Å². The van der Waals surface area contributed by atoms with Crippen LogP contribution in [-0.2, 0) is 11.2 Å². The summed E-state index contributed by atoms with van der Waals surface area (Å²) in [6.07, 6.45) is 0.871. The topological polar surface area (TPSA) is 47.6 Å². The molecule has 0 spiro atoms. The number of aliphatic imine (C=N–C) groups is 1. The Morgan fingerprint density at radius 3 is 2.93 bits per heavy atom. The van der Waals surface area contributed by atoms with Crippen LogP contribution in [0.5, 0.6) is 0 Å². The molecule has 0 radical (unpaired) electrons. The summed E-state index contributed by atoms with van der Waals surface area (Å²) in [4.78, 5) is 4.19. The van der Waals surface area contributed by atoms with Crippen molar-refractivity contribution < 1.29 is 4.74 Å². The molecule has 4 heteroatoms. The smallest absolute Gasteiger partial charge is 0.197 e. The van der Waals surface area contributed by atoms with E-state index in [9.17, 15) is 0 Å². The molecule has 2 rings (SSSR count). The van der Waals surface area contributed by atoms with Crippen LogP contribution < -0.4 is 5.73 Å². The molecule has 0 aromatic heterocycles. The molecule has 80 valence electrons. The van der Waals surface area contributed by atoms with E-state index >= 15 is 0 Å². The van der Waals surface area contributed by atoms with Gasteiger partial charge < -0.3 is 10.5 Å². The van der Waals surface area contributed by atoms with Gasteiger partial charge in [-0.15, -0.1) is 0 Å². The molecule has 1 aromatic rings. The molecule has 1 aliphatic rings. The Hall–Kier alpha value is -1.06. The Balaban J connectivity index is 1.97. The van der Waals surface area contributed by atoms with Gasteiger partial charge in [0.1, 0.15) is 6.10 Å². The Bertz CT molecular complexity index is 379. The lowest BCUT2D eigenvalue weighted by Crippen LogP contribution is -2.20. The molecule has 0 saturated heterocycles. The lowest BCUT2D eigenvalue weighted by atomic mass is 10.1. The fourth-order valence-electron chi connectivity index (χ4n) is 1.60. The largest absolute Gasteiger partial charge is 0.474 e. The maximum Gasteiger partial charge on any atom is 0.197 e. The highest BCUT2D eigenvalue weighted by molar-refractivity contribution is 6.31. The second-order valence-electron chi connectivity index (χ2n) is 3.47. The summed E-state index contributed by atoms with van der Waals surface area (Å²) in [5.41, 5.74) is 6.53. The van der Waals surface area contributed by atoms with E-state index in [0.717, 1.165) is 17.0 Å². The van der Waals surface area contributed by atoms with Gasteiger partial charge in [-0.3, -0.25) is 4.99 Å². The van der Waals surface area contributed by atoms with Crippen molar-refractivity contribution >= 4 is 17.5 Å². The van der Waals surface area contributed by atoms with E-state index in [4.69, 9.17) is 22.1 Å². The zero-order chi connectivity index (χ0) is 10.7. The molecule has 1 atom stereocenters. The van der Waals surface area contributed by atoms with Gasteiger partial charge in [0.15, 0.2) is 5.90 Å². The van der Waals surface area contributed by atoms with Crippen molar-refractivity contribution in [3.8, 4) is 0 Å². The minimum atomic E-state index is 0.0865. The summed E-state index contributed by atoms with van der Waals surface area (Å²) in [7, 11) is 0. The van der Waals surface area contributed by atoms with Crippen LogP contribution in [0.25, 0.3) is 0 Å². The Morgan fingerprint density at radius 1 is 1.47 bits per heavy atom. The molecule has 1 aromatic carbocycles. The first-order valence-corrected chi connectivity index (χ1v) is 5.31. The zero-order valence-corrected chi connectivity index (χ0v) is 9.07. The van der Waals surface area contributed by atoms with Gasteiger partial charge in [0.25, 0.3) is 0 Å². The summed E-state index contributed by atoms with van der Waals surface area (Å²) in [5.74, 6) is 0.645. The van der Waals surface area contributed by atoms with Crippen LogP contribution >= 0.6 is 11.6 Å². The highest BCUT2D eigenvalue weighted by Crippen LogP contribution is 2.19. The molecular formula is C11H13ClN2O. The minimum Gasteiger partial charge on any atom is -0.474 e. The molecule has 15 heavy (non-hydrogen) atoms. The lowest BCUT2D eigenvalue weighted by Gasteiger charge is -2.11. The fourth-order valence-corrected chi connectivity index (χ4v) is 1.81. The SMILES string of the molecule is NCC1=NCC(Cc2ccccc2Cl)O1. The van der Waals surface area contributed by atoms with Gasteiger partial charge in [-0.1, -0.05) is 29.8 Å². The van der Waals surface area contributed by atoms with Gasteiger partial charge in [0, 0.05) is 11.4 Å². The first-order valence-electron chi connectivity index (χ1n) is 4.93. The third kappa shape index (κ3) is 2.49. The van der Waals surface area contributed by atoms with E-state index in [-0.39, 0.29) is 6.10 Å². The van der Waals surface area contributed by atoms with E-state index in [1.54, 1.807) is 0 Å². The number of rotatable bonds is 3. The molecular weight excluding hydrogens is 212 g/mol. The van der Waals surface area contributed by atoms with E-state index in [1.807, 2.05) is 24.3 Å². The first kappa shape index (κ1) is 10.5. The molecule has 2 N–H and O–H groups in total. The van der Waals surface area contributed by atoms with Crippen LogP contribution in [0.1, 0.15) is 5.56 Å². The van der Waals surface area contributed by atoms with Crippen molar-refractivity contribution in [3.05, 3.63) is 34.9 Å². The molecule has 0 amide bonds. The normalized spacial score (nSPS) is 19.9. The van der Waals surface area contributed by atoms with Crippen LogP contribution in [0.4, 0.5) is 0 Å². The van der Waals surface area contributed by atoms with Crippen molar-refractivity contribution in [2.24, 2.45) is 10.7 Å². The standard InChI is InChI=1S/C11H13ClN2O/c12-10-4-2-1-3-8(10)5-9-7-14-11(6-13)15-9/h1-4,9H,5-7,13H2. The number of nitrogens with two attached hydrogens (primary N) is 1. The van der Waals surface area contributed by atoms with E-state index in [0.29, 0.717) is 19.0 Å². The molecule has 1 heterocycles. The monoisotopic (exact) mass is 224 g/mol. The molecule has 0 aliphatic carbocycles. The van der Waals surface area contributed by atoms with Crippen molar-refractivity contribution in [2.75, 3.05) is 13.1 Å². The maximum atomic E-state index is 6.06. The van der Waals surface area contributed by atoms with Crippen LogP contribution in [0.2, 0.25) is 5.02 Å². The predicted molar refractivity (Wildman–Crippen MR) is 61.4 cm³/mol. The minimum absolute atomic E-state index is 0.0865. The highest BCUT2D eigenvalue weighted by atomic mass is 35.5. The molecule has 0 saturated carbocycles. The second-order valence-corrected chi connectivity index (χ2v) is 3.88. The van der Waals surface area contributed by atoms with E-state index in [1.165, 1.54) is 0 Å². The van der Waals surface area contributed by atoms with Gasteiger partial charge in [0.05, 0.1) is 13.1 Å². The third-order valence-corrected chi connectivity index (χ3v) is 2.72. The zero-order valence-electron chi connectivity index (χ0n) is 8.32. The predicted octanol–water partition coefficient (Wildman–Crippen LogP) is 1.64. The summed E-state index contributed by atoms with van der Waals surface area (Å²) in [6, 6.07) is 7.78.